The highest BCUT2D eigenvalue weighted by molar-refractivity contribution is 7.98. The van der Waals surface area contributed by atoms with Crippen LogP contribution in [0, 0.1) is 0 Å². The number of anilines is 1. The van der Waals surface area contributed by atoms with E-state index >= 15 is 0 Å². The minimum Gasteiger partial charge on any atom is -0.370 e. The van der Waals surface area contributed by atoms with Gasteiger partial charge in [0.25, 0.3) is 0 Å². The van der Waals surface area contributed by atoms with Crippen molar-refractivity contribution >= 4 is 17.4 Å². The molecule has 0 bridgehead atoms. The normalized spacial score (nSPS) is 14.4. The lowest BCUT2D eigenvalue weighted by Crippen LogP contribution is -2.33. The van der Waals surface area contributed by atoms with E-state index in [1.807, 2.05) is 30.9 Å². The first-order valence-electron chi connectivity index (χ1n) is 6.03. The van der Waals surface area contributed by atoms with Crippen LogP contribution in [0.1, 0.15) is 32.0 Å². The number of nitrogens with zero attached hydrogens (tertiary/aromatic N) is 2. The number of pyridine rings is 1. The third-order valence-electron chi connectivity index (χ3n) is 3.02. The van der Waals surface area contributed by atoms with Gasteiger partial charge in [-0.3, -0.25) is 4.98 Å². The topological polar surface area (TPSA) is 42.1 Å². The zero-order valence-corrected chi connectivity index (χ0v) is 12.0. The summed E-state index contributed by atoms with van der Waals surface area (Å²) >= 11 is 1.88. The SMILES string of the molecule is CCC(CSC)N(C)c1ccc(C(C)N)nc1. The third kappa shape index (κ3) is 3.89. The van der Waals surface area contributed by atoms with Gasteiger partial charge in [-0.05, 0) is 31.7 Å². The quantitative estimate of drug-likeness (QED) is 0.846. The first-order chi connectivity index (χ1) is 8.10. The number of nitrogens with two attached hydrogens (primary N) is 1. The summed E-state index contributed by atoms with van der Waals surface area (Å²) in [5.74, 6) is 1.14. The monoisotopic (exact) mass is 253 g/mol. The van der Waals surface area contributed by atoms with Crippen LogP contribution in [-0.2, 0) is 0 Å². The van der Waals surface area contributed by atoms with Gasteiger partial charge in [0.15, 0.2) is 0 Å². The lowest BCUT2D eigenvalue weighted by molar-refractivity contribution is 0.671. The maximum absolute atomic E-state index is 5.79. The highest BCUT2D eigenvalue weighted by Crippen LogP contribution is 2.19. The number of hydrogen-bond acceptors (Lipinski definition) is 4. The lowest BCUT2D eigenvalue weighted by Gasteiger charge is -2.28. The average Bonchev–Trinajstić information content (AvgIpc) is 2.35. The summed E-state index contributed by atoms with van der Waals surface area (Å²) in [7, 11) is 2.13. The molecule has 3 nitrogen and oxygen atoms in total. The molecule has 0 saturated heterocycles. The van der Waals surface area contributed by atoms with Gasteiger partial charge < -0.3 is 10.6 Å². The molecule has 1 aromatic heterocycles. The van der Waals surface area contributed by atoms with Crippen LogP contribution in [0.15, 0.2) is 18.3 Å². The van der Waals surface area contributed by atoms with Gasteiger partial charge in [-0.1, -0.05) is 6.92 Å². The van der Waals surface area contributed by atoms with Gasteiger partial charge >= 0.3 is 0 Å². The van der Waals surface area contributed by atoms with Gasteiger partial charge in [-0.15, -0.1) is 0 Å². The van der Waals surface area contributed by atoms with E-state index in [0.717, 1.165) is 23.6 Å². The molecule has 0 saturated carbocycles. The van der Waals surface area contributed by atoms with E-state index in [0.29, 0.717) is 6.04 Å². The van der Waals surface area contributed by atoms with E-state index < -0.39 is 0 Å². The van der Waals surface area contributed by atoms with Crippen molar-refractivity contribution in [1.29, 1.82) is 0 Å². The minimum atomic E-state index is 0.00234. The summed E-state index contributed by atoms with van der Waals surface area (Å²) in [6.45, 7) is 4.18. The van der Waals surface area contributed by atoms with Crippen LogP contribution < -0.4 is 10.6 Å². The molecule has 2 atom stereocenters. The Balaban J connectivity index is 2.77. The number of aromatic nitrogens is 1. The molecule has 0 amide bonds. The van der Waals surface area contributed by atoms with Crippen molar-refractivity contribution in [1.82, 2.24) is 4.98 Å². The van der Waals surface area contributed by atoms with E-state index in [1.54, 1.807) is 0 Å². The molecule has 2 N–H and O–H groups in total. The number of rotatable bonds is 6. The fraction of sp³-hybridized carbons (Fsp3) is 0.615. The Morgan fingerprint density at radius 1 is 1.47 bits per heavy atom. The molecule has 1 rings (SSSR count). The molecule has 0 radical (unpaired) electrons. The van der Waals surface area contributed by atoms with Gasteiger partial charge in [0.1, 0.15) is 0 Å². The minimum absolute atomic E-state index is 0.00234. The van der Waals surface area contributed by atoms with Crippen LogP contribution >= 0.6 is 11.8 Å². The number of thioether (sulfide) groups is 1. The molecular formula is C13H23N3S. The van der Waals surface area contributed by atoms with E-state index in [4.69, 9.17) is 5.73 Å². The van der Waals surface area contributed by atoms with Crippen LogP contribution in [0.4, 0.5) is 5.69 Å². The smallest absolute Gasteiger partial charge is 0.0569 e. The van der Waals surface area contributed by atoms with Crippen molar-refractivity contribution in [2.75, 3.05) is 24.0 Å². The van der Waals surface area contributed by atoms with E-state index in [9.17, 15) is 0 Å². The molecule has 0 fully saturated rings. The van der Waals surface area contributed by atoms with Crippen molar-refractivity contribution < 1.29 is 0 Å². The molecule has 17 heavy (non-hydrogen) atoms. The summed E-state index contributed by atoms with van der Waals surface area (Å²) in [4.78, 5) is 6.70. The van der Waals surface area contributed by atoms with E-state index in [-0.39, 0.29) is 6.04 Å². The Morgan fingerprint density at radius 2 is 2.18 bits per heavy atom. The highest BCUT2D eigenvalue weighted by Gasteiger charge is 2.13. The fourth-order valence-electron chi connectivity index (χ4n) is 1.78. The fourth-order valence-corrected chi connectivity index (χ4v) is 2.63. The van der Waals surface area contributed by atoms with Crippen LogP contribution in [0.2, 0.25) is 0 Å². The van der Waals surface area contributed by atoms with E-state index in [1.165, 1.54) is 0 Å². The van der Waals surface area contributed by atoms with Crippen LogP contribution in [-0.4, -0.2) is 30.1 Å². The van der Waals surface area contributed by atoms with Crippen molar-refractivity contribution in [2.24, 2.45) is 5.73 Å². The van der Waals surface area contributed by atoms with Crippen LogP contribution in [0.5, 0.6) is 0 Å². The first kappa shape index (κ1) is 14.3. The molecule has 0 aliphatic rings. The molecule has 1 aromatic rings. The highest BCUT2D eigenvalue weighted by atomic mass is 32.2. The zero-order chi connectivity index (χ0) is 12.8. The maximum atomic E-state index is 5.79. The van der Waals surface area contributed by atoms with Crippen molar-refractivity contribution in [3.05, 3.63) is 24.0 Å². The van der Waals surface area contributed by atoms with Crippen molar-refractivity contribution in [3.8, 4) is 0 Å². The second-order valence-corrected chi connectivity index (χ2v) is 5.27. The molecule has 96 valence electrons. The summed E-state index contributed by atoms with van der Waals surface area (Å²) in [5.41, 5.74) is 7.90. The summed E-state index contributed by atoms with van der Waals surface area (Å²) in [6.07, 6.45) is 5.21. The Labute approximate surface area is 109 Å². The van der Waals surface area contributed by atoms with Crippen molar-refractivity contribution in [2.45, 2.75) is 32.4 Å². The predicted octanol–water partition coefficient (Wildman–Crippen LogP) is 2.68. The number of hydrogen-bond donors (Lipinski definition) is 1. The summed E-state index contributed by atoms with van der Waals surface area (Å²) in [6, 6.07) is 4.69. The zero-order valence-electron chi connectivity index (χ0n) is 11.2. The van der Waals surface area contributed by atoms with Gasteiger partial charge in [0.2, 0.25) is 0 Å². The third-order valence-corrected chi connectivity index (χ3v) is 3.74. The van der Waals surface area contributed by atoms with E-state index in [2.05, 4.69) is 36.2 Å². The Bertz CT molecular complexity index is 324. The van der Waals surface area contributed by atoms with Gasteiger partial charge in [-0.2, -0.15) is 11.8 Å². The van der Waals surface area contributed by atoms with Crippen LogP contribution in [0.3, 0.4) is 0 Å². The standard InChI is InChI=1S/C13H23N3S/c1-5-11(9-17-4)16(3)12-6-7-13(10(2)14)15-8-12/h6-8,10-11H,5,9,14H2,1-4H3. The Kier molecular flexibility index (Phi) is 5.78. The largest absolute Gasteiger partial charge is 0.370 e. The van der Waals surface area contributed by atoms with Crippen LogP contribution in [0.25, 0.3) is 0 Å². The second-order valence-electron chi connectivity index (χ2n) is 4.36. The van der Waals surface area contributed by atoms with Crippen molar-refractivity contribution in [3.63, 3.8) is 0 Å². The average molecular weight is 253 g/mol. The lowest BCUT2D eigenvalue weighted by atomic mass is 10.2. The molecule has 0 aliphatic heterocycles. The van der Waals surface area contributed by atoms with Gasteiger partial charge in [-0.25, -0.2) is 0 Å². The molecule has 4 heteroatoms. The second kappa shape index (κ2) is 6.87. The molecule has 1 heterocycles. The molecular weight excluding hydrogens is 230 g/mol. The maximum Gasteiger partial charge on any atom is 0.0569 e. The summed E-state index contributed by atoms with van der Waals surface area (Å²) < 4.78 is 0. The molecule has 0 spiro atoms. The molecule has 2 unspecified atom stereocenters. The molecule has 0 aromatic carbocycles. The van der Waals surface area contributed by atoms with Gasteiger partial charge in [0.05, 0.1) is 17.6 Å². The molecule has 0 aliphatic carbocycles. The summed E-state index contributed by atoms with van der Waals surface area (Å²) in [5, 5.41) is 0. The first-order valence-corrected chi connectivity index (χ1v) is 7.42. The Morgan fingerprint density at radius 3 is 2.59 bits per heavy atom. The van der Waals surface area contributed by atoms with Gasteiger partial charge in [0, 0.05) is 24.9 Å². The predicted molar refractivity (Wildman–Crippen MR) is 77.7 cm³/mol. The Hall–Kier alpha value is -0.740.